The normalized spacial score (nSPS) is 13.6. The van der Waals surface area contributed by atoms with E-state index in [1.165, 1.54) is 4.90 Å². The summed E-state index contributed by atoms with van der Waals surface area (Å²) in [5.74, 6) is 1.09. The Hall–Kier alpha value is -3.90. The van der Waals surface area contributed by atoms with E-state index >= 15 is 0 Å². The molecule has 1 heterocycles. The van der Waals surface area contributed by atoms with Crippen molar-refractivity contribution in [1.29, 1.82) is 0 Å². The summed E-state index contributed by atoms with van der Waals surface area (Å²) in [5, 5.41) is 0. The average Bonchev–Trinajstić information content (AvgIpc) is 3.19. The Kier molecular flexibility index (Phi) is 8.09. The minimum atomic E-state index is -0.817. The summed E-state index contributed by atoms with van der Waals surface area (Å²) in [5.41, 5.74) is 3.14. The van der Waals surface area contributed by atoms with E-state index in [-0.39, 0.29) is 11.8 Å². The number of allylic oxidation sites excluding steroid dienone is 1. The van der Waals surface area contributed by atoms with Crippen molar-refractivity contribution in [2.24, 2.45) is 0 Å². The highest BCUT2D eigenvalue weighted by atomic mass is 16.5. The summed E-state index contributed by atoms with van der Waals surface area (Å²) in [7, 11) is 3.29. The van der Waals surface area contributed by atoms with Gasteiger partial charge in [0.05, 0.1) is 25.3 Å². The number of carbonyl (C=O) groups excluding carboxylic acids is 2. The lowest BCUT2D eigenvalue weighted by Crippen LogP contribution is -2.34. The van der Waals surface area contributed by atoms with Gasteiger partial charge in [0, 0.05) is 13.2 Å². The van der Waals surface area contributed by atoms with E-state index in [0.29, 0.717) is 37.1 Å². The number of unbranched alkanes of at least 4 members (excludes halogenated alkanes) is 1. The fraction of sp³-hybridized carbons (Fsp3) is 0.290. The van der Waals surface area contributed by atoms with Crippen LogP contribution >= 0.6 is 0 Å². The van der Waals surface area contributed by atoms with E-state index in [4.69, 9.17) is 14.2 Å². The highest BCUT2D eigenvalue weighted by Gasteiger charge is 2.38. The largest absolute Gasteiger partial charge is 0.497 e. The number of benzene rings is 3. The first-order valence-corrected chi connectivity index (χ1v) is 12.5. The standard InChI is InChI=1S/C31H33NO5/c1-5-22(2)31(23-12-16-25(35-3)17-13-23,24-14-18-26(36-4)19-15-24)37-21-9-8-20-32-29(33)27-10-6-7-11-28(27)30(32)34/h5-7,10-19H,8-9,20-21H2,1-4H3. The van der Waals surface area contributed by atoms with Gasteiger partial charge in [-0.05, 0) is 79.8 Å². The topological polar surface area (TPSA) is 65.1 Å². The number of ether oxygens (including phenoxy) is 3. The average molecular weight is 500 g/mol. The van der Waals surface area contributed by atoms with Crippen molar-refractivity contribution < 1.29 is 23.8 Å². The first-order chi connectivity index (χ1) is 18.0. The number of carbonyl (C=O) groups is 2. The fourth-order valence-corrected chi connectivity index (χ4v) is 4.80. The van der Waals surface area contributed by atoms with Crippen molar-refractivity contribution in [1.82, 2.24) is 4.90 Å². The van der Waals surface area contributed by atoms with Crippen molar-refractivity contribution in [2.75, 3.05) is 27.4 Å². The molecule has 0 radical (unpaired) electrons. The van der Waals surface area contributed by atoms with Crippen LogP contribution in [0.3, 0.4) is 0 Å². The Bertz CT molecular complexity index is 1200. The molecule has 0 N–H and O–H groups in total. The van der Waals surface area contributed by atoms with Gasteiger partial charge in [0.1, 0.15) is 17.1 Å². The number of imide groups is 1. The zero-order valence-corrected chi connectivity index (χ0v) is 21.8. The summed E-state index contributed by atoms with van der Waals surface area (Å²) in [6.07, 6.45) is 3.38. The zero-order chi connectivity index (χ0) is 26.4. The molecule has 37 heavy (non-hydrogen) atoms. The molecule has 3 aromatic rings. The molecule has 0 saturated carbocycles. The molecule has 0 atom stereocenters. The molecule has 4 rings (SSSR count). The van der Waals surface area contributed by atoms with Crippen LogP contribution in [0.4, 0.5) is 0 Å². The molecule has 0 spiro atoms. The van der Waals surface area contributed by atoms with Crippen molar-refractivity contribution in [3.05, 3.63) is 107 Å². The van der Waals surface area contributed by atoms with Gasteiger partial charge in [-0.25, -0.2) is 0 Å². The van der Waals surface area contributed by atoms with Gasteiger partial charge in [-0.15, -0.1) is 0 Å². The summed E-state index contributed by atoms with van der Waals surface area (Å²) in [6.45, 7) is 4.86. The second-order valence-corrected chi connectivity index (χ2v) is 8.97. The molecule has 1 aliphatic rings. The van der Waals surface area contributed by atoms with E-state index in [2.05, 4.69) is 13.0 Å². The molecule has 1 aliphatic heterocycles. The quantitative estimate of drug-likeness (QED) is 0.184. The van der Waals surface area contributed by atoms with Crippen LogP contribution in [0, 0.1) is 0 Å². The van der Waals surface area contributed by atoms with Crippen LogP contribution in [-0.2, 0) is 10.3 Å². The molecule has 6 nitrogen and oxygen atoms in total. The van der Waals surface area contributed by atoms with Gasteiger partial charge in [-0.3, -0.25) is 14.5 Å². The summed E-state index contributed by atoms with van der Waals surface area (Å²) in [6, 6.07) is 22.8. The minimum absolute atomic E-state index is 0.225. The molecule has 192 valence electrons. The minimum Gasteiger partial charge on any atom is -0.497 e. The number of nitrogens with zero attached hydrogens (tertiary/aromatic N) is 1. The maximum Gasteiger partial charge on any atom is 0.261 e. The monoisotopic (exact) mass is 499 g/mol. The van der Waals surface area contributed by atoms with Gasteiger partial charge in [-0.1, -0.05) is 42.5 Å². The first-order valence-electron chi connectivity index (χ1n) is 12.5. The Morgan fingerprint density at radius 3 is 1.70 bits per heavy atom. The van der Waals surface area contributed by atoms with Gasteiger partial charge in [0.15, 0.2) is 0 Å². The Balaban J connectivity index is 1.53. The zero-order valence-electron chi connectivity index (χ0n) is 21.8. The number of rotatable bonds is 11. The van der Waals surface area contributed by atoms with E-state index in [1.807, 2.05) is 55.5 Å². The predicted octanol–water partition coefficient (Wildman–Crippen LogP) is 6.01. The Morgan fingerprint density at radius 2 is 1.27 bits per heavy atom. The second kappa shape index (κ2) is 11.4. The number of hydrogen-bond acceptors (Lipinski definition) is 5. The molecule has 0 unspecified atom stereocenters. The third-order valence-electron chi connectivity index (χ3n) is 6.95. The van der Waals surface area contributed by atoms with Crippen LogP contribution in [0.25, 0.3) is 0 Å². The molecule has 0 aromatic heterocycles. The van der Waals surface area contributed by atoms with Crippen LogP contribution in [0.5, 0.6) is 11.5 Å². The van der Waals surface area contributed by atoms with Crippen LogP contribution in [-0.4, -0.2) is 44.1 Å². The smallest absolute Gasteiger partial charge is 0.261 e. The van der Waals surface area contributed by atoms with Crippen LogP contribution in [0.1, 0.15) is 58.5 Å². The SMILES string of the molecule is CC=C(C)C(OCCCCN1C(=O)c2ccccc2C1=O)(c1ccc(OC)cc1)c1ccc(OC)cc1. The van der Waals surface area contributed by atoms with Gasteiger partial charge in [-0.2, -0.15) is 0 Å². The maximum absolute atomic E-state index is 12.7. The van der Waals surface area contributed by atoms with Crippen molar-refractivity contribution in [2.45, 2.75) is 32.3 Å². The lowest BCUT2D eigenvalue weighted by atomic mass is 9.80. The summed E-state index contributed by atoms with van der Waals surface area (Å²) in [4.78, 5) is 26.7. The van der Waals surface area contributed by atoms with E-state index < -0.39 is 5.60 Å². The Labute approximate surface area is 218 Å². The molecule has 0 fully saturated rings. The van der Waals surface area contributed by atoms with E-state index in [1.54, 1.807) is 38.5 Å². The highest BCUT2D eigenvalue weighted by Crippen LogP contribution is 2.41. The van der Waals surface area contributed by atoms with Gasteiger partial charge < -0.3 is 14.2 Å². The van der Waals surface area contributed by atoms with Crippen molar-refractivity contribution >= 4 is 11.8 Å². The maximum atomic E-state index is 12.7. The van der Waals surface area contributed by atoms with Crippen molar-refractivity contribution in [3.63, 3.8) is 0 Å². The molecule has 0 saturated heterocycles. The van der Waals surface area contributed by atoms with E-state index in [0.717, 1.165) is 28.2 Å². The van der Waals surface area contributed by atoms with Crippen molar-refractivity contribution in [3.8, 4) is 11.5 Å². The van der Waals surface area contributed by atoms with Gasteiger partial charge >= 0.3 is 0 Å². The predicted molar refractivity (Wildman–Crippen MR) is 143 cm³/mol. The summed E-state index contributed by atoms with van der Waals surface area (Å²) >= 11 is 0. The van der Waals surface area contributed by atoms with Gasteiger partial charge in [0.2, 0.25) is 0 Å². The second-order valence-electron chi connectivity index (χ2n) is 8.97. The van der Waals surface area contributed by atoms with Crippen LogP contribution in [0.15, 0.2) is 84.4 Å². The number of hydrogen-bond donors (Lipinski definition) is 0. The molecule has 2 amide bonds. The summed E-state index contributed by atoms with van der Waals surface area (Å²) < 4.78 is 17.5. The third kappa shape index (κ3) is 5.02. The van der Waals surface area contributed by atoms with Crippen LogP contribution < -0.4 is 9.47 Å². The lowest BCUT2D eigenvalue weighted by Gasteiger charge is -2.36. The Morgan fingerprint density at radius 1 is 0.784 bits per heavy atom. The number of methoxy groups -OCH3 is 2. The first kappa shape index (κ1) is 26.2. The molecular weight excluding hydrogens is 466 g/mol. The highest BCUT2D eigenvalue weighted by molar-refractivity contribution is 6.21. The lowest BCUT2D eigenvalue weighted by molar-refractivity contribution is 0.00684. The third-order valence-corrected chi connectivity index (χ3v) is 6.95. The van der Waals surface area contributed by atoms with E-state index in [9.17, 15) is 9.59 Å². The molecule has 3 aromatic carbocycles. The van der Waals surface area contributed by atoms with Crippen LogP contribution in [0.2, 0.25) is 0 Å². The molecule has 6 heteroatoms. The molecule has 0 bridgehead atoms. The molecule has 0 aliphatic carbocycles. The molecular formula is C31H33NO5. The fourth-order valence-electron chi connectivity index (χ4n) is 4.80. The number of amides is 2. The number of fused-ring (bicyclic) bond motifs is 1. The van der Waals surface area contributed by atoms with Gasteiger partial charge in [0.25, 0.3) is 11.8 Å².